The zero-order valence-electron chi connectivity index (χ0n) is 8.20. The molecule has 4 heteroatoms. The van der Waals surface area contributed by atoms with Gasteiger partial charge in [0, 0.05) is 24.1 Å². The van der Waals surface area contributed by atoms with E-state index in [-0.39, 0.29) is 0 Å². The minimum absolute atomic E-state index is 0.607. The third-order valence-corrected chi connectivity index (χ3v) is 4.17. The van der Waals surface area contributed by atoms with Crippen molar-refractivity contribution in [1.29, 1.82) is 0 Å². The predicted molar refractivity (Wildman–Crippen MR) is 62.7 cm³/mol. The van der Waals surface area contributed by atoms with Gasteiger partial charge in [0.2, 0.25) is 0 Å². The summed E-state index contributed by atoms with van der Waals surface area (Å²) >= 11 is 5.29. The molecule has 1 atom stereocenters. The Morgan fingerprint density at radius 3 is 3.07 bits per heavy atom. The average Bonchev–Trinajstić information content (AvgIpc) is 2.75. The number of halogens is 1. The second-order valence-electron chi connectivity index (χ2n) is 3.64. The Balaban J connectivity index is 1.90. The van der Waals surface area contributed by atoms with Crippen molar-refractivity contribution in [2.75, 3.05) is 20.3 Å². The lowest BCUT2D eigenvalue weighted by atomic mass is 10.2. The average molecular weight is 276 g/mol. The smallest absolute Gasteiger partial charge is 0.0701 e. The van der Waals surface area contributed by atoms with Crippen molar-refractivity contribution in [3.8, 4) is 0 Å². The van der Waals surface area contributed by atoms with Crippen molar-refractivity contribution in [1.82, 2.24) is 4.90 Å². The maximum atomic E-state index is 5.37. The lowest BCUT2D eigenvalue weighted by Crippen LogP contribution is -2.30. The van der Waals surface area contributed by atoms with Crippen LogP contribution in [-0.2, 0) is 11.3 Å². The summed E-state index contributed by atoms with van der Waals surface area (Å²) in [5.41, 5.74) is 0. The van der Waals surface area contributed by atoms with Gasteiger partial charge in [-0.3, -0.25) is 4.90 Å². The van der Waals surface area contributed by atoms with Crippen molar-refractivity contribution in [3.05, 3.63) is 20.8 Å². The quantitative estimate of drug-likeness (QED) is 0.841. The summed E-state index contributed by atoms with van der Waals surface area (Å²) in [6.45, 7) is 2.84. The molecule has 78 valence electrons. The summed E-state index contributed by atoms with van der Waals surface area (Å²) in [6.07, 6.45) is 1.17. The highest BCUT2D eigenvalue weighted by Crippen LogP contribution is 2.24. The monoisotopic (exact) mass is 275 g/mol. The van der Waals surface area contributed by atoms with Crippen LogP contribution < -0.4 is 0 Å². The molecule has 14 heavy (non-hydrogen) atoms. The van der Waals surface area contributed by atoms with Crippen LogP contribution in [0.4, 0.5) is 0 Å². The molecule has 2 heterocycles. The number of hydrogen-bond donors (Lipinski definition) is 0. The van der Waals surface area contributed by atoms with Crippen LogP contribution in [0.1, 0.15) is 11.3 Å². The standard InChI is InChI=1S/C10H14BrNOS/c1-12(8-4-5-13-7-8)6-9-2-3-10(11)14-9/h2-3,8H,4-7H2,1H3. The molecule has 0 spiro atoms. The van der Waals surface area contributed by atoms with E-state index in [1.807, 2.05) is 11.3 Å². The minimum atomic E-state index is 0.607. The first-order valence-electron chi connectivity index (χ1n) is 4.78. The Bertz CT molecular complexity index is 296. The van der Waals surface area contributed by atoms with E-state index in [0.29, 0.717) is 6.04 Å². The highest BCUT2D eigenvalue weighted by atomic mass is 79.9. The number of ether oxygens (including phenoxy) is 1. The highest BCUT2D eigenvalue weighted by Gasteiger charge is 2.20. The van der Waals surface area contributed by atoms with Gasteiger partial charge >= 0.3 is 0 Å². The lowest BCUT2D eigenvalue weighted by molar-refractivity contribution is 0.157. The number of nitrogens with zero attached hydrogens (tertiary/aromatic N) is 1. The normalized spacial score (nSPS) is 22.1. The molecule has 1 unspecified atom stereocenters. The third-order valence-electron chi connectivity index (χ3n) is 2.56. The Kier molecular flexibility index (Phi) is 3.60. The van der Waals surface area contributed by atoms with E-state index in [2.05, 4.69) is 40.0 Å². The van der Waals surface area contributed by atoms with Crippen LogP contribution in [0.15, 0.2) is 15.9 Å². The number of likely N-dealkylation sites (N-methyl/N-ethyl adjacent to an activating group) is 1. The van der Waals surface area contributed by atoms with Crippen LogP contribution in [0.2, 0.25) is 0 Å². The van der Waals surface area contributed by atoms with Crippen LogP contribution in [0, 0.1) is 0 Å². The van der Waals surface area contributed by atoms with Crippen molar-refractivity contribution >= 4 is 27.3 Å². The summed E-state index contributed by atoms with van der Waals surface area (Å²) in [5.74, 6) is 0. The van der Waals surface area contributed by atoms with Crippen LogP contribution in [-0.4, -0.2) is 31.2 Å². The molecule has 2 rings (SSSR count). The molecule has 1 saturated heterocycles. The van der Waals surface area contributed by atoms with E-state index in [1.54, 1.807) is 0 Å². The van der Waals surface area contributed by atoms with E-state index in [1.165, 1.54) is 15.1 Å². The molecule has 1 aromatic heterocycles. The summed E-state index contributed by atoms with van der Waals surface area (Å²) in [4.78, 5) is 3.79. The fourth-order valence-electron chi connectivity index (χ4n) is 1.68. The topological polar surface area (TPSA) is 12.5 Å². The predicted octanol–water partition coefficient (Wildman–Crippen LogP) is 2.73. The van der Waals surface area contributed by atoms with Gasteiger partial charge in [-0.1, -0.05) is 0 Å². The van der Waals surface area contributed by atoms with Gasteiger partial charge in [-0.05, 0) is 41.5 Å². The third kappa shape index (κ3) is 2.57. The van der Waals surface area contributed by atoms with Crippen molar-refractivity contribution in [2.45, 2.75) is 19.0 Å². The summed E-state index contributed by atoms with van der Waals surface area (Å²) in [6, 6.07) is 4.90. The van der Waals surface area contributed by atoms with Crippen molar-refractivity contribution in [2.24, 2.45) is 0 Å². The summed E-state index contributed by atoms with van der Waals surface area (Å²) in [5, 5.41) is 0. The maximum Gasteiger partial charge on any atom is 0.0701 e. The van der Waals surface area contributed by atoms with Gasteiger partial charge in [0.05, 0.1) is 10.4 Å². The molecule has 0 aliphatic carbocycles. The summed E-state index contributed by atoms with van der Waals surface area (Å²) in [7, 11) is 2.17. The first-order valence-corrected chi connectivity index (χ1v) is 6.39. The Morgan fingerprint density at radius 2 is 2.50 bits per heavy atom. The molecule has 2 nitrogen and oxygen atoms in total. The van der Waals surface area contributed by atoms with Gasteiger partial charge in [0.15, 0.2) is 0 Å². The molecule has 1 aliphatic rings. The Labute approximate surface area is 97.0 Å². The van der Waals surface area contributed by atoms with Gasteiger partial charge in [-0.15, -0.1) is 11.3 Å². The largest absolute Gasteiger partial charge is 0.380 e. The fourth-order valence-corrected chi connectivity index (χ4v) is 3.23. The maximum absolute atomic E-state index is 5.37. The van der Waals surface area contributed by atoms with Crippen LogP contribution in [0.25, 0.3) is 0 Å². The summed E-state index contributed by atoms with van der Waals surface area (Å²) < 4.78 is 6.59. The Morgan fingerprint density at radius 1 is 1.64 bits per heavy atom. The molecule has 1 aliphatic heterocycles. The molecule has 0 aromatic carbocycles. The first kappa shape index (κ1) is 10.6. The Hall–Kier alpha value is 0.1000. The first-order chi connectivity index (χ1) is 6.75. The molecule has 0 amide bonds. The van der Waals surface area contributed by atoms with Crippen LogP contribution in [0.3, 0.4) is 0 Å². The molecule has 0 radical (unpaired) electrons. The van der Waals surface area contributed by atoms with Gasteiger partial charge in [0.1, 0.15) is 0 Å². The number of hydrogen-bond acceptors (Lipinski definition) is 3. The van der Waals surface area contributed by atoms with E-state index >= 15 is 0 Å². The van der Waals surface area contributed by atoms with Crippen molar-refractivity contribution in [3.63, 3.8) is 0 Å². The van der Waals surface area contributed by atoms with Crippen molar-refractivity contribution < 1.29 is 4.74 Å². The van der Waals surface area contributed by atoms with E-state index in [4.69, 9.17) is 4.74 Å². The molecule has 1 aromatic rings. The molecule has 0 bridgehead atoms. The number of thiophene rings is 1. The SMILES string of the molecule is CN(Cc1ccc(Br)s1)C1CCOC1. The van der Waals surface area contributed by atoms with E-state index < -0.39 is 0 Å². The van der Waals surface area contributed by atoms with Gasteiger partial charge in [-0.2, -0.15) is 0 Å². The van der Waals surface area contributed by atoms with Crippen LogP contribution in [0.5, 0.6) is 0 Å². The lowest BCUT2D eigenvalue weighted by Gasteiger charge is -2.21. The van der Waals surface area contributed by atoms with E-state index in [9.17, 15) is 0 Å². The molecule has 0 N–H and O–H groups in total. The zero-order chi connectivity index (χ0) is 9.97. The molecular weight excluding hydrogens is 262 g/mol. The molecular formula is C10H14BrNOS. The zero-order valence-corrected chi connectivity index (χ0v) is 10.6. The fraction of sp³-hybridized carbons (Fsp3) is 0.600. The molecule has 1 fully saturated rings. The van der Waals surface area contributed by atoms with Gasteiger partial charge < -0.3 is 4.74 Å². The second kappa shape index (κ2) is 4.75. The van der Waals surface area contributed by atoms with Crippen LogP contribution >= 0.6 is 27.3 Å². The van der Waals surface area contributed by atoms with Gasteiger partial charge in [-0.25, -0.2) is 0 Å². The number of rotatable bonds is 3. The highest BCUT2D eigenvalue weighted by molar-refractivity contribution is 9.11. The minimum Gasteiger partial charge on any atom is -0.380 e. The van der Waals surface area contributed by atoms with E-state index in [0.717, 1.165) is 19.8 Å². The molecule has 0 saturated carbocycles. The van der Waals surface area contributed by atoms with Gasteiger partial charge in [0.25, 0.3) is 0 Å². The second-order valence-corrected chi connectivity index (χ2v) is 6.19.